The zero-order valence-electron chi connectivity index (χ0n) is 12.1. The number of nitrogen functional groups attached to an aromatic ring is 1. The number of amides is 2. The van der Waals surface area contributed by atoms with Crippen LogP contribution in [-0.2, 0) is 14.3 Å². The lowest BCUT2D eigenvalue weighted by Gasteiger charge is -2.09. The quantitative estimate of drug-likeness (QED) is 0.437. The molecule has 21 heavy (non-hydrogen) atoms. The molecule has 7 nitrogen and oxygen atoms in total. The summed E-state index contributed by atoms with van der Waals surface area (Å²) in [5.74, 6) is 0.0217. The van der Waals surface area contributed by atoms with Crippen molar-refractivity contribution in [3.05, 3.63) is 24.3 Å². The van der Waals surface area contributed by atoms with Gasteiger partial charge in [-0.3, -0.25) is 9.59 Å². The standard InChI is InChI=1S/C14H21N3O4/c1-20-9-8-17-13(18)6-7-16-14(19)10-21-12-5-3-2-4-11(12)15/h2-5H,6-10,15H2,1H3,(H,16,19)(H,17,18). The minimum Gasteiger partial charge on any atom is -0.482 e. The van der Waals surface area contributed by atoms with Gasteiger partial charge in [-0.05, 0) is 12.1 Å². The summed E-state index contributed by atoms with van der Waals surface area (Å²) in [6, 6.07) is 6.93. The van der Waals surface area contributed by atoms with Gasteiger partial charge in [0.1, 0.15) is 5.75 Å². The van der Waals surface area contributed by atoms with E-state index in [0.717, 1.165) is 0 Å². The molecular weight excluding hydrogens is 274 g/mol. The van der Waals surface area contributed by atoms with Gasteiger partial charge in [-0.15, -0.1) is 0 Å². The predicted molar refractivity (Wildman–Crippen MR) is 78.9 cm³/mol. The smallest absolute Gasteiger partial charge is 0.257 e. The summed E-state index contributed by atoms with van der Waals surface area (Å²) in [5, 5.41) is 5.26. The maximum atomic E-state index is 11.5. The zero-order valence-corrected chi connectivity index (χ0v) is 12.1. The van der Waals surface area contributed by atoms with Crippen molar-refractivity contribution in [3.8, 4) is 5.75 Å². The number of para-hydroxylation sites is 2. The van der Waals surface area contributed by atoms with E-state index in [1.807, 2.05) is 0 Å². The van der Waals surface area contributed by atoms with E-state index in [1.165, 1.54) is 0 Å². The van der Waals surface area contributed by atoms with Crippen LogP contribution in [0.15, 0.2) is 24.3 Å². The fourth-order valence-corrected chi connectivity index (χ4v) is 1.50. The van der Waals surface area contributed by atoms with Gasteiger partial charge < -0.3 is 25.8 Å². The van der Waals surface area contributed by atoms with Gasteiger partial charge in [-0.25, -0.2) is 0 Å². The highest BCUT2D eigenvalue weighted by atomic mass is 16.5. The average molecular weight is 295 g/mol. The van der Waals surface area contributed by atoms with Crippen molar-refractivity contribution in [2.24, 2.45) is 0 Å². The molecule has 0 spiro atoms. The van der Waals surface area contributed by atoms with E-state index in [0.29, 0.717) is 24.6 Å². The molecule has 1 aromatic carbocycles. The van der Waals surface area contributed by atoms with Crippen molar-refractivity contribution in [2.75, 3.05) is 39.1 Å². The molecular formula is C14H21N3O4. The highest BCUT2D eigenvalue weighted by molar-refractivity contribution is 5.79. The number of nitrogens with two attached hydrogens (primary N) is 1. The molecule has 0 aliphatic heterocycles. The molecule has 4 N–H and O–H groups in total. The van der Waals surface area contributed by atoms with Crippen LogP contribution >= 0.6 is 0 Å². The second-order valence-electron chi connectivity index (χ2n) is 4.27. The Bertz CT molecular complexity index is 465. The Labute approximate surface area is 123 Å². The summed E-state index contributed by atoms with van der Waals surface area (Å²) in [6.45, 7) is 1.04. The fourth-order valence-electron chi connectivity index (χ4n) is 1.50. The molecule has 1 rings (SSSR count). The summed E-state index contributed by atoms with van der Waals surface area (Å²) in [6.07, 6.45) is 0.211. The third kappa shape index (κ3) is 7.17. The lowest BCUT2D eigenvalue weighted by molar-refractivity contribution is -0.123. The molecule has 0 atom stereocenters. The monoisotopic (exact) mass is 295 g/mol. The Kier molecular flexibility index (Phi) is 7.67. The first-order valence-corrected chi connectivity index (χ1v) is 6.63. The number of carbonyl (C=O) groups is 2. The van der Waals surface area contributed by atoms with E-state index in [1.54, 1.807) is 31.4 Å². The Morgan fingerprint density at radius 3 is 2.57 bits per heavy atom. The van der Waals surface area contributed by atoms with Gasteiger partial charge in [-0.2, -0.15) is 0 Å². The number of hydrogen-bond acceptors (Lipinski definition) is 5. The molecule has 0 fully saturated rings. The number of methoxy groups -OCH3 is 1. The second kappa shape index (κ2) is 9.60. The van der Waals surface area contributed by atoms with Gasteiger partial charge in [0, 0.05) is 26.6 Å². The molecule has 0 heterocycles. The molecule has 2 amide bonds. The van der Waals surface area contributed by atoms with E-state index < -0.39 is 0 Å². The van der Waals surface area contributed by atoms with Gasteiger partial charge >= 0.3 is 0 Å². The first kappa shape index (κ1) is 16.8. The van der Waals surface area contributed by atoms with E-state index in [2.05, 4.69) is 10.6 Å². The molecule has 7 heteroatoms. The lowest BCUT2D eigenvalue weighted by atomic mass is 10.3. The van der Waals surface area contributed by atoms with Crippen LogP contribution in [0.25, 0.3) is 0 Å². The molecule has 116 valence electrons. The van der Waals surface area contributed by atoms with Gasteiger partial charge in [0.05, 0.1) is 12.3 Å². The van der Waals surface area contributed by atoms with E-state index in [9.17, 15) is 9.59 Å². The van der Waals surface area contributed by atoms with E-state index >= 15 is 0 Å². The Hall–Kier alpha value is -2.28. The SMILES string of the molecule is COCCNC(=O)CCNC(=O)COc1ccccc1N. The Morgan fingerprint density at radius 1 is 1.14 bits per heavy atom. The highest BCUT2D eigenvalue weighted by Gasteiger charge is 2.06. The van der Waals surface area contributed by atoms with Crippen LogP contribution in [-0.4, -0.2) is 45.2 Å². The molecule has 0 bridgehead atoms. The first-order valence-electron chi connectivity index (χ1n) is 6.63. The highest BCUT2D eigenvalue weighted by Crippen LogP contribution is 2.19. The summed E-state index contributed by atoms with van der Waals surface area (Å²) in [7, 11) is 1.56. The third-order valence-corrected chi connectivity index (χ3v) is 2.58. The largest absolute Gasteiger partial charge is 0.482 e. The Balaban J connectivity index is 2.14. The number of ether oxygens (including phenoxy) is 2. The predicted octanol–water partition coefficient (Wildman–Crippen LogP) is -0.0835. The van der Waals surface area contributed by atoms with Crippen LogP contribution in [0.2, 0.25) is 0 Å². The lowest BCUT2D eigenvalue weighted by Crippen LogP contribution is -2.34. The van der Waals surface area contributed by atoms with Crippen LogP contribution in [0, 0.1) is 0 Å². The average Bonchev–Trinajstić information content (AvgIpc) is 2.47. The van der Waals surface area contributed by atoms with Crippen LogP contribution in [0.3, 0.4) is 0 Å². The Morgan fingerprint density at radius 2 is 1.86 bits per heavy atom. The third-order valence-electron chi connectivity index (χ3n) is 2.58. The minimum atomic E-state index is -0.303. The van der Waals surface area contributed by atoms with Crippen molar-refractivity contribution >= 4 is 17.5 Å². The maximum Gasteiger partial charge on any atom is 0.257 e. The topological polar surface area (TPSA) is 103 Å². The summed E-state index contributed by atoms with van der Waals surface area (Å²) >= 11 is 0. The number of carbonyl (C=O) groups excluding carboxylic acids is 2. The summed E-state index contributed by atoms with van der Waals surface area (Å²) in [4.78, 5) is 22.9. The molecule has 0 unspecified atom stereocenters. The van der Waals surface area contributed by atoms with Gasteiger partial charge in [-0.1, -0.05) is 12.1 Å². The van der Waals surface area contributed by atoms with Crippen LogP contribution in [0.4, 0.5) is 5.69 Å². The molecule has 0 saturated heterocycles. The van der Waals surface area contributed by atoms with Gasteiger partial charge in [0.2, 0.25) is 5.91 Å². The zero-order chi connectivity index (χ0) is 15.5. The minimum absolute atomic E-state index is 0.138. The van der Waals surface area contributed by atoms with Crippen molar-refractivity contribution in [2.45, 2.75) is 6.42 Å². The molecule has 0 saturated carbocycles. The maximum absolute atomic E-state index is 11.5. The van der Waals surface area contributed by atoms with Crippen LogP contribution < -0.4 is 21.1 Å². The number of anilines is 1. The van der Waals surface area contributed by atoms with Crippen LogP contribution in [0.5, 0.6) is 5.75 Å². The number of benzene rings is 1. The molecule has 0 aliphatic carbocycles. The molecule has 0 radical (unpaired) electrons. The van der Waals surface area contributed by atoms with E-state index in [4.69, 9.17) is 15.2 Å². The van der Waals surface area contributed by atoms with E-state index in [-0.39, 0.29) is 31.4 Å². The summed E-state index contributed by atoms with van der Waals surface area (Å²) in [5.41, 5.74) is 6.16. The van der Waals surface area contributed by atoms with Gasteiger partial charge in [0.25, 0.3) is 5.91 Å². The first-order chi connectivity index (χ1) is 10.1. The van der Waals surface area contributed by atoms with Crippen molar-refractivity contribution < 1.29 is 19.1 Å². The van der Waals surface area contributed by atoms with Crippen LogP contribution in [0.1, 0.15) is 6.42 Å². The molecule has 1 aromatic rings. The summed E-state index contributed by atoms with van der Waals surface area (Å²) < 4.78 is 10.1. The van der Waals surface area contributed by atoms with Crippen molar-refractivity contribution in [1.82, 2.24) is 10.6 Å². The van der Waals surface area contributed by atoms with Crippen molar-refractivity contribution in [1.29, 1.82) is 0 Å². The number of hydrogen-bond donors (Lipinski definition) is 3. The normalized spacial score (nSPS) is 9.95. The molecule has 0 aliphatic rings. The fraction of sp³-hybridized carbons (Fsp3) is 0.429. The molecule has 0 aromatic heterocycles. The number of rotatable bonds is 9. The number of nitrogens with one attached hydrogen (secondary N) is 2. The van der Waals surface area contributed by atoms with Gasteiger partial charge in [0.15, 0.2) is 6.61 Å². The van der Waals surface area contributed by atoms with Crippen molar-refractivity contribution in [3.63, 3.8) is 0 Å². The second-order valence-corrected chi connectivity index (χ2v) is 4.27.